The summed E-state index contributed by atoms with van der Waals surface area (Å²) < 4.78 is 19.0. The van der Waals surface area contributed by atoms with Crippen molar-refractivity contribution >= 4 is 0 Å². The number of likely N-dealkylation sites (N-methyl/N-ethyl adjacent to an activating group) is 1. The van der Waals surface area contributed by atoms with Gasteiger partial charge in [-0.1, -0.05) is 24.6 Å². The third kappa shape index (κ3) is 3.03. The second-order valence-electron chi connectivity index (χ2n) is 4.00. The molecule has 1 N–H and O–H groups in total. The van der Waals surface area contributed by atoms with Crippen molar-refractivity contribution in [1.82, 2.24) is 5.32 Å². The first-order chi connectivity index (χ1) is 7.60. The molecule has 0 aliphatic carbocycles. The van der Waals surface area contributed by atoms with Gasteiger partial charge in [0.2, 0.25) is 0 Å². The van der Waals surface area contributed by atoms with Crippen LogP contribution in [0.25, 0.3) is 0 Å². The molecule has 0 bridgehead atoms. The lowest BCUT2D eigenvalue weighted by Crippen LogP contribution is -2.32. The molecule has 0 aliphatic rings. The number of methoxy groups -OCH3 is 1. The van der Waals surface area contributed by atoms with Crippen molar-refractivity contribution < 1.29 is 9.13 Å². The largest absolute Gasteiger partial charge is 0.380 e. The minimum absolute atomic E-state index is 0.0590. The minimum Gasteiger partial charge on any atom is -0.380 e. The Bertz CT molecular complexity index is 341. The van der Waals surface area contributed by atoms with Crippen LogP contribution in [0.3, 0.4) is 0 Å². The zero-order chi connectivity index (χ0) is 12.1. The van der Waals surface area contributed by atoms with Crippen molar-refractivity contribution in [2.24, 2.45) is 0 Å². The van der Waals surface area contributed by atoms with Gasteiger partial charge in [0.1, 0.15) is 5.82 Å². The van der Waals surface area contributed by atoms with E-state index in [1.165, 1.54) is 6.07 Å². The molecule has 0 radical (unpaired) electrons. The SMILES string of the molecule is CCNC(c1cc(C)ccc1F)C(C)OC. The molecule has 2 nitrogen and oxygen atoms in total. The van der Waals surface area contributed by atoms with Crippen LogP contribution < -0.4 is 5.32 Å². The first-order valence-electron chi connectivity index (χ1n) is 5.62. The van der Waals surface area contributed by atoms with E-state index in [2.05, 4.69) is 5.32 Å². The maximum atomic E-state index is 13.7. The van der Waals surface area contributed by atoms with Crippen LogP contribution in [0.5, 0.6) is 0 Å². The molecule has 0 saturated heterocycles. The van der Waals surface area contributed by atoms with Crippen LogP contribution >= 0.6 is 0 Å². The van der Waals surface area contributed by atoms with Gasteiger partial charge in [0.05, 0.1) is 12.1 Å². The summed E-state index contributed by atoms with van der Waals surface area (Å²) in [6.45, 7) is 6.69. The predicted molar refractivity (Wildman–Crippen MR) is 64.0 cm³/mol. The van der Waals surface area contributed by atoms with Gasteiger partial charge in [-0.05, 0) is 26.5 Å². The van der Waals surface area contributed by atoms with Crippen LogP contribution in [0, 0.1) is 12.7 Å². The van der Waals surface area contributed by atoms with Crippen LogP contribution in [0.4, 0.5) is 4.39 Å². The standard InChI is InChI=1S/C13H20FNO/c1-5-15-13(10(3)16-4)11-8-9(2)6-7-12(11)14/h6-8,10,13,15H,5H2,1-4H3. The van der Waals surface area contributed by atoms with Gasteiger partial charge >= 0.3 is 0 Å². The van der Waals surface area contributed by atoms with Crippen molar-refractivity contribution in [2.45, 2.75) is 32.9 Å². The van der Waals surface area contributed by atoms with E-state index in [0.717, 1.165) is 12.1 Å². The molecular formula is C13H20FNO. The summed E-state index contributed by atoms with van der Waals surface area (Å²) in [6, 6.07) is 5.06. The third-order valence-corrected chi connectivity index (χ3v) is 2.75. The Hall–Kier alpha value is -0.930. The average Bonchev–Trinajstić information content (AvgIpc) is 2.28. The van der Waals surface area contributed by atoms with E-state index in [0.29, 0.717) is 5.56 Å². The summed E-state index contributed by atoms with van der Waals surface area (Å²) in [5.74, 6) is -0.180. The number of hydrogen-bond donors (Lipinski definition) is 1. The molecule has 1 rings (SSSR count). The molecule has 2 atom stereocenters. The fraction of sp³-hybridized carbons (Fsp3) is 0.538. The number of ether oxygens (including phenoxy) is 1. The van der Waals surface area contributed by atoms with Gasteiger partial charge in [0.25, 0.3) is 0 Å². The average molecular weight is 225 g/mol. The van der Waals surface area contributed by atoms with Gasteiger partial charge < -0.3 is 10.1 Å². The molecule has 0 aliphatic heterocycles. The quantitative estimate of drug-likeness (QED) is 0.832. The van der Waals surface area contributed by atoms with Gasteiger partial charge in [-0.3, -0.25) is 0 Å². The number of benzene rings is 1. The van der Waals surface area contributed by atoms with Crippen LogP contribution in [0.2, 0.25) is 0 Å². The first-order valence-corrected chi connectivity index (χ1v) is 5.62. The second-order valence-corrected chi connectivity index (χ2v) is 4.00. The van der Waals surface area contributed by atoms with E-state index in [-0.39, 0.29) is 18.0 Å². The number of aryl methyl sites for hydroxylation is 1. The molecule has 0 aromatic heterocycles. The Morgan fingerprint density at radius 3 is 2.69 bits per heavy atom. The van der Waals surface area contributed by atoms with Crippen molar-refractivity contribution in [3.63, 3.8) is 0 Å². The molecule has 0 spiro atoms. The molecule has 16 heavy (non-hydrogen) atoms. The summed E-state index contributed by atoms with van der Waals surface area (Å²) >= 11 is 0. The Morgan fingerprint density at radius 1 is 1.44 bits per heavy atom. The maximum absolute atomic E-state index is 13.7. The molecule has 0 saturated carbocycles. The molecule has 3 heteroatoms. The van der Waals surface area contributed by atoms with Crippen molar-refractivity contribution in [1.29, 1.82) is 0 Å². The van der Waals surface area contributed by atoms with Gasteiger partial charge in [-0.25, -0.2) is 4.39 Å². The predicted octanol–water partition coefficient (Wildman–Crippen LogP) is 2.82. The van der Waals surface area contributed by atoms with Gasteiger partial charge in [-0.2, -0.15) is 0 Å². The molecule has 2 unspecified atom stereocenters. The van der Waals surface area contributed by atoms with Gasteiger partial charge in [0.15, 0.2) is 0 Å². The fourth-order valence-corrected chi connectivity index (χ4v) is 1.79. The molecular weight excluding hydrogens is 205 g/mol. The summed E-state index contributed by atoms with van der Waals surface area (Å²) in [4.78, 5) is 0. The molecule has 90 valence electrons. The summed E-state index contributed by atoms with van der Waals surface area (Å²) in [5, 5.41) is 3.25. The number of rotatable bonds is 5. The van der Waals surface area contributed by atoms with Crippen LogP contribution in [-0.4, -0.2) is 19.8 Å². The van der Waals surface area contributed by atoms with Crippen molar-refractivity contribution in [2.75, 3.05) is 13.7 Å². The Morgan fingerprint density at radius 2 is 2.12 bits per heavy atom. The van der Waals surface area contributed by atoms with E-state index in [1.807, 2.05) is 26.8 Å². The lowest BCUT2D eigenvalue weighted by molar-refractivity contribution is 0.0823. The number of hydrogen-bond acceptors (Lipinski definition) is 2. The topological polar surface area (TPSA) is 21.3 Å². The molecule has 0 amide bonds. The normalized spacial score (nSPS) is 14.8. The van der Waals surface area contributed by atoms with Crippen LogP contribution in [-0.2, 0) is 4.74 Å². The minimum atomic E-state index is -0.180. The lowest BCUT2D eigenvalue weighted by atomic mass is 9.99. The van der Waals surface area contributed by atoms with Crippen molar-refractivity contribution in [3.8, 4) is 0 Å². The van der Waals surface area contributed by atoms with E-state index in [9.17, 15) is 4.39 Å². The summed E-state index contributed by atoms with van der Waals surface area (Å²) in [7, 11) is 1.64. The highest BCUT2D eigenvalue weighted by atomic mass is 19.1. The zero-order valence-corrected chi connectivity index (χ0v) is 10.4. The highest BCUT2D eigenvalue weighted by Gasteiger charge is 2.21. The van der Waals surface area contributed by atoms with Crippen LogP contribution in [0.15, 0.2) is 18.2 Å². The van der Waals surface area contributed by atoms with E-state index < -0.39 is 0 Å². The summed E-state index contributed by atoms with van der Waals surface area (Å²) in [5.41, 5.74) is 1.74. The Balaban J connectivity index is 3.04. The smallest absolute Gasteiger partial charge is 0.128 e. The first kappa shape index (κ1) is 13.1. The number of nitrogens with one attached hydrogen (secondary N) is 1. The van der Waals surface area contributed by atoms with E-state index in [1.54, 1.807) is 13.2 Å². The highest BCUT2D eigenvalue weighted by Crippen LogP contribution is 2.22. The number of halogens is 1. The van der Waals surface area contributed by atoms with E-state index in [4.69, 9.17) is 4.74 Å². The Kier molecular flexibility index (Phi) is 4.90. The van der Waals surface area contributed by atoms with Gasteiger partial charge in [0, 0.05) is 12.7 Å². The third-order valence-electron chi connectivity index (χ3n) is 2.75. The molecule has 1 aromatic rings. The monoisotopic (exact) mass is 225 g/mol. The molecule has 1 aromatic carbocycles. The summed E-state index contributed by atoms with van der Waals surface area (Å²) in [6.07, 6.45) is -0.0590. The highest BCUT2D eigenvalue weighted by molar-refractivity contribution is 5.27. The van der Waals surface area contributed by atoms with E-state index >= 15 is 0 Å². The fourth-order valence-electron chi connectivity index (χ4n) is 1.79. The van der Waals surface area contributed by atoms with Crippen molar-refractivity contribution in [3.05, 3.63) is 35.1 Å². The van der Waals surface area contributed by atoms with Crippen LogP contribution in [0.1, 0.15) is 31.0 Å². The second kappa shape index (κ2) is 5.97. The molecule has 0 fully saturated rings. The lowest BCUT2D eigenvalue weighted by Gasteiger charge is -2.24. The molecule has 0 heterocycles. The van der Waals surface area contributed by atoms with Gasteiger partial charge in [-0.15, -0.1) is 0 Å². The maximum Gasteiger partial charge on any atom is 0.128 e. The zero-order valence-electron chi connectivity index (χ0n) is 10.4. The Labute approximate surface area is 96.8 Å².